The van der Waals surface area contributed by atoms with E-state index in [9.17, 15) is 0 Å². The molecule has 0 atom stereocenters. The summed E-state index contributed by atoms with van der Waals surface area (Å²) in [5.74, 6) is 0. The first kappa shape index (κ1) is 17.8. The SMILES string of the molecule is O=P([O-])([O-])[O-].O=P([O-])([O-])[O-].[H+].[H+].[Zn+2]. The van der Waals surface area contributed by atoms with Gasteiger partial charge < -0.3 is 38.5 Å². The van der Waals surface area contributed by atoms with Crippen LogP contribution in [0.2, 0.25) is 0 Å². The standard InChI is InChI=1S/2H3O4P.Zn/c2*1-5(2,3)4;/h2*(H3,1,2,3,4);/q;;+2/p-4. The van der Waals surface area contributed by atoms with Crippen molar-refractivity contribution in [1.29, 1.82) is 0 Å². The molecule has 0 amide bonds. The minimum atomic E-state index is -5.39. The fraction of sp³-hybridized carbons (Fsp3) is 0. The van der Waals surface area contributed by atoms with E-state index in [1.807, 2.05) is 0 Å². The maximum absolute atomic E-state index is 8.55. The maximum Gasteiger partial charge on any atom is 2.00 e. The fourth-order valence-electron chi connectivity index (χ4n) is 0. The van der Waals surface area contributed by atoms with Crippen molar-refractivity contribution in [2.75, 3.05) is 0 Å². The molecule has 0 aromatic carbocycles. The Morgan fingerprint density at radius 3 is 0.727 bits per heavy atom. The molecule has 11 heteroatoms. The number of rotatable bonds is 0. The molecule has 0 N–H and O–H groups in total. The maximum atomic E-state index is 8.55. The van der Waals surface area contributed by atoms with E-state index in [1.165, 1.54) is 0 Å². The quantitative estimate of drug-likeness (QED) is 0.305. The third kappa shape index (κ3) is 1190. The van der Waals surface area contributed by atoms with E-state index in [4.69, 9.17) is 38.5 Å². The zero-order valence-corrected chi connectivity index (χ0v) is 9.62. The van der Waals surface area contributed by atoms with Gasteiger partial charge in [0, 0.05) is 0 Å². The number of phosphoric acid groups is 2. The molecular formula is H2O8P2Zn-2. The minimum Gasteiger partial charge on any atom is -0.822 e. The fourth-order valence-corrected chi connectivity index (χ4v) is 0. The average molecular weight is 257 g/mol. The van der Waals surface area contributed by atoms with Crippen molar-refractivity contribution in [2.45, 2.75) is 0 Å². The Bertz CT molecular complexity index is 132. The van der Waals surface area contributed by atoms with Gasteiger partial charge >= 0.3 is 22.3 Å². The van der Waals surface area contributed by atoms with Crippen LogP contribution in [-0.4, -0.2) is 0 Å². The second kappa shape index (κ2) is 6.37. The molecule has 0 aliphatic carbocycles. The van der Waals surface area contributed by atoms with Crippen LogP contribution in [0.25, 0.3) is 0 Å². The third-order valence-corrected chi connectivity index (χ3v) is 0. The Balaban J connectivity index is -0.0000000267. The molecule has 0 spiro atoms. The van der Waals surface area contributed by atoms with Gasteiger partial charge in [-0.15, -0.1) is 0 Å². The van der Waals surface area contributed by atoms with Crippen molar-refractivity contribution in [3.05, 3.63) is 0 Å². The van der Waals surface area contributed by atoms with Crippen molar-refractivity contribution in [3.63, 3.8) is 0 Å². The van der Waals surface area contributed by atoms with E-state index in [2.05, 4.69) is 0 Å². The van der Waals surface area contributed by atoms with Crippen molar-refractivity contribution in [1.82, 2.24) is 0 Å². The van der Waals surface area contributed by atoms with E-state index in [1.54, 1.807) is 0 Å². The van der Waals surface area contributed by atoms with E-state index in [0.29, 0.717) is 0 Å². The zero-order chi connectivity index (χ0) is 9.00. The second-order valence-corrected chi connectivity index (χ2v) is 2.68. The molecule has 0 aromatic rings. The summed E-state index contributed by atoms with van der Waals surface area (Å²) >= 11 is 0. The summed E-state index contributed by atoms with van der Waals surface area (Å²) < 4.78 is 17.1. The molecular weight excluding hydrogens is 255 g/mol. The van der Waals surface area contributed by atoms with Gasteiger partial charge in [-0.05, 0) is 0 Å². The molecule has 8 nitrogen and oxygen atoms in total. The van der Waals surface area contributed by atoms with Crippen molar-refractivity contribution in [3.8, 4) is 0 Å². The Kier molecular flexibility index (Phi) is 10.3. The first-order valence-electron chi connectivity index (χ1n) is 1.46. The topological polar surface area (TPSA) is 172 Å². The molecule has 0 bridgehead atoms. The van der Waals surface area contributed by atoms with Crippen molar-refractivity contribution in [2.24, 2.45) is 0 Å². The summed E-state index contributed by atoms with van der Waals surface area (Å²) in [6.07, 6.45) is 0. The van der Waals surface area contributed by atoms with Crippen LogP contribution in [0.3, 0.4) is 0 Å². The first-order chi connectivity index (χ1) is 4.00. The molecule has 0 radical (unpaired) electrons. The van der Waals surface area contributed by atoms with Crippen LogP contribution >= 0.6 is 15.6 Å². The number of hydrogen-bond donors (Lipinski definition) is 0. The van der Waals surface area contributed by atoms with Crippen molar-refractivity contribution < 1.29 is 60.8 Å². The average Bonchev–Trinajstić information content (AvgIpc) is 1.12. The molecule has 0 saturated carbocycles. The van der Waals surface area contributed by atoms with Gasteiger partial charge in [-0.2, -0.15) is 15.6 Å². The summed E-state index contributed by atoms with van der Waals surface area (Å²) in [6, 6.07) is 0. The monoisotopic (exact) mass is 256 g/mol. The summed E-state index contributed by atoms with van der Waals surface area (Å²) in [4.78, 5) is 51.3. The van der Waals surface area contributed by atoms with E-state index in [0.717, 1.165) is 0 Å². The summed E-state index contributed by atoms with van der Waals surface area (Å²) in [5.41, 5.74) is 0. The van der Waals surface area contributed by atoms with Gasteiger partial charge in [0.05, 0.1) is 0 Å². The molecule has 0 rings (SSSR count). The van der Waals surface area contributed by atoms with Crippen LogP contribution in [0.5, 0.6) is 0 Å². The van der Waals surface area contributed by atoms with E-state index in [-0.39, 0.29) is 22.3 Å². The van der Waals surface area contributed by atoms with Crippen LogP contribution in [0.1, 0.15) is 2.85 Å². The molecule has 0 aromatic heterocycles. The first-order valence-corrected chi connectivity index (χ1v) is 4.38. The van der Waals surface area contributed by atoms with Gasteiger partial charge in [0.2, 0.25) is 0 Å². The molecule has 0 saturated heterocycles. The Morgan fingerprint density at radius 1 is 0.727 bits per heavy atom. The normalized spacial score (nSPS) is 10.7. The minimum absolute atomic E-state index is 0. The van der Waals surface area contributed by atoms with Crippen LogP contribution in [0.15, 0.2) is 0 Å². The van der Waals surface area contributed by atoms with Gasteiger partial charge in [-0.3, -0.25) is 0 Å². The van der Waals surface area contributed by atoms with Crippen LogP contribution < -0.4 is 29.4 Å². The van der Waals surface area contributed by atoms with E-state index >= 15 is 0 Å². The molecule has 0 aliphatic rings. The summed E-state index contributed by atoms with van der Waals surface area (Å²) in [6.45, 7) is 0. The molecule has 0 fully saturated rings. The predicted molar refractivity (Wildman–Crippen MR) is 17.4 cm³/mol. The summed E-state index contributed by atoms with van der Waals surface area (Å²) in [5, 5.41) is 0. The smallest absolute Gasteiger partial charge is 0.822 e. The van der Waals surface area contributed by atoms with Crippen LogP contribution in [-0.2, 0) is 28.6 Å². The third-order valence-electron chi connectivity index (χ3n) is 0. The molecule has 11 heavy (non-hydrogen) atoms. The second-order valence-electron chi connectivity index (χ2n) is 0.894. The van der Waals surface area contributed by atoms with Gasteiger partial charge in [0.25, 0.3) is 0 Å². The Morgan fingerprint density at radius 2 is 0.727 bits per heavy atom. The van der Waals surface area contributed by atoms with Crippen LogP contribution in [0.4, 0.5) is 0 Å². The van der Waals surface area contributed by atoms with Gasteiger partial charge in [-0.25, -0.2) is 0 Å². The predicted octanol–water partition coefficient (Wildman–Crippen LogP) is -5.43. The molecule has 0 unspecified atom stereocenters. The van der Waals surface area contributed by atoms with Gasteiger partial charge in [0.1, 0.15) is 0 Å². The molecule has 0 aliphatic heterocycles. The molecule has 64 valence electrons. The van der Waals surface area contributed by atoms with E-state index < -0.39 is 15.6 Å². The van der Waals surface area contributed by atoms with Crippen LogP contribution in [0, 0.1) is 0 Å². The van der Waals surface area contributed by atoms with Gasteiger partial charge in [0.15, 0.2) is 0 Å². The Hall–Kier alpha value is 0.843. The van der Waals surface area contributed by atoms with Gasteiger partial charge in [-0.1, -0.05) is 0 Å². The zero-order valence-electron chi connectivity index (χ0n) is 6.87. The Labute approximate surface area is 77.1 Å². The summed E-state index contributed by atoms with van der Waals surface area (Å²) in [7, 11) is -10.8. The molecule has 0 heterocycles. The van der Waals surface area contributed by atoms with Crippen molar-refractivity contribution >= 4 is 15.6 Å². The largest absolute Gasteiger partial charge is 2.00 e. The number of hydrogen-bond acceptors (Lipinski definition) is 8.